The van der Waals surface area contributed by atoms with Gasteiger partial charge >= 0.3 is 0 Å². The summed E-state index contributed by atoms with van der Waals surface area (Å²) in [4.78, 5) is 72.2. The molecule has 1 unspecified atom stereocenters. The molecule has 1 atom stereocenters. The van der Waals surface area contributed by atoms with E-state index in [-0.39, 0.29) is 37.0 Å². The van der Waals surface area contributed by atoms with E-state index in [0.717, 1.165) is 6.07 Å². The van der Waals surface area contributed by atoms with E-state index >= 15 is 0 Å². The van der Waals surface area contributed by atoms with Crippen molar-refractivity contribution in [2.45, 2.75) is 5.60 Å². The number of rotatable bonds is 6. The highest BCUT2D eigenvalue weighted by molar-refractivity contribution is 6.26. The van der Waals surface area contributed by atoms with Crippen molar-refractivity contribution < 1.29 is 38.6 Å². The molecule has 1 aliphatic rings. The Hall–Kier alpha value is -3.94. The summed E-state index contributed by atoms with van der Waals surface area (Å²) in [5.41, 5.74) is -6.56. The number of carbonyl (C=O) groups is 6. The van der Waals surface area contributed by atoms with Crippen LogP contribution >= 0.6 is 0 Å². The zero-order valence-corrected chi connectivity index (χ0v) is 14.2. The number of Topliss-reactive ketones (excluding diaryl/α,β-unsaturated/α-hetero) is 1. The maximum absolute atomic E-state index is 13.2. The van der Waals surface area contributed by atoms with Crippen LogP contribution < -0.4 is 4.74 Å². The number of ether oxygens (including phenoxy) is 1. The number of fused-ring (bicyclic) bond motifs is 1. The lowest BCUT2D eigenvalue weighted by molar-refractivity contribution is -0.147. The largest absolute Gasteiger partial charge is 0.507 e. The third kappa shape index (κ3) is 2.18. The molecule has 0 bridgehead atoms. The van der Waals surface area contributed by atoms with Crippen molar-refractivity contribution in [1.82, 2.24) is 0 Å². The predicted octanol–water partition coefficient (Wildman–Crippen LogP) is 1.07. The number of carbonyl (C=O) groups excluding carboxylic acids is 6. The number of phenolic OH excluding ortho intramolecular Hbond substituents is 1. The molecule has 2 aromatic rings. The average molecular weight is 380 g/mol. The molecule has 0 spiro atoms. The first-order chi connectivity index (χ1) is 13.5. The van der Waals surface area contributed by atoms with Crippen molar-refractivity contribution in [1.29, 1.82) is 0 Å². The molecule has 140 valence electrons. The van der Waals surface area contributed by atoms with Gasteiger partial charge in [0.2, 0.25) is 5.60 Å². The lowest BCUT2D eigenvalue weighted by atomic mass is 9.64. The second kappa shape index (κ2) is 6.66. The van der Waals surface area contributed by atoms with Crippen LogP contribution in [0.15, 0.2) is 36.4 Å². The molecule has 0 amide bonds. The fraction of sp³-hybridized carbons (Fsp3) is 0.100. The lowest BCUT2D eigenvalue weighted by Crippen LogP contribution is -2.60. The molecule has 8 nitrogen and oxygen atoms in total. The molecule has 2 aromatic carbocycles. The topological polar surface area (TPSA) is 132 Å². The van der Waals surface area contributed by atoms with E-state index < -0.39 is 45.0 Å². The molecule has 0 aromatic heterocycles. The number of hydrogen-bond acceptors (Lipinski definition) is 8. The van der Waals surface area contributed by atoms with Gasteiger partial charge in [-0.1, -0.05) is 30.3 Å². The Labute approximate surface area is 157 Å². The van der Waals surface area contributed by atoms with Crippen LogP contribution in [0.4, 0.5) is 0 Å². The molecule has 0 saturated heterocycles. The minimum absolute atomic E-state index is 0.0192. The quantitative estimate of drug-likeness (QED) is 0.581. The molecular formula is C20H12O8. The maximum Gasteiger partial charge on any atom is 0.215 e. The van der Waals surface area contributed by atoms with E-state index in [1.807, 2.05) is 0 Å². The Morgan fingerprint density at radius 3 is 1.96 bits per heavy atom. The molecule has 1 aliphatic heterocycles. The molecular weight excluding hydrogens is 368 g/mol. The summed E-state index contributed by atoms with van der Waals surface area (Å²) < 4.78 is 5.66. The van der Waals surface area contributed by atoms with Gasteiger partial charge in [0.05, 0.1) is 11.1 Å². The molecule has 28 heavy (non-hydrogen) atoms. The molecule has 8 heteroatoms. The fourth-order valence-corrected chi connectivity index (χ4v) is 3.36. The summed E-state index contributed by atoms with van der Waals surface area (Å²) in [6, 6.07) is 8.27. The van der Waals surface area contributed by atoms with Gasteiger partial charge in [0.25, 0.3) is 0 Å². The van der Waals surface area contributed by atoms with Gasteiger partial charge in [0.1, 0.15) is 24.1 Å². The first kappa shape index (κ1) is 18.8. The molecule has 0 radical (unpaired) electrons. The van der Waals surface area contributed by atoms with Crippen LogP contribution in [0.1, 0.15) is 36.6 Å². The smallest absolute Gasteiger partial charge is 0.215 e. The number of hydrogen-bond donors (Lipinski definition) is 1. The highest BCUT2D eigenvalue weighted by atomic mass is 16.5. The van der Waals surface area contributed by atoms with E-state index in [4.69, 9.17) is 4.74 Å². The van der Waals surface area contributed by atoms with Crippen molar-refractivity contribution in [3.05, 3.63) is 58.7 Å². The molecule has 1 heterocycles. The molecule has 3 rings (SSSR count). The van der Waals surface area contributed by atoms with E-state index in [2.05, 4.69) is 0 Å². The normalized spacial score (nSPS) is 19.6. The van der Waals surface area contributed by atoms with Gasteiger partial charge in [-0.25, -0.2) is 0 Å². The first-order valence-electron chi connectivity index (χ1n) is 7.95. The van der Waals surface area contributed by atoms with Crippen molar-refractivity contribution in [3.8, 4) is 11.5 Å². The Balaban J connectivity index is 2.47. The van der Waals surface area contributed by atoms with Crippen LogP contribution in [0.3, 0.4) is 0 Å². The van der Waals surface area contributed by atoms with Crippen LogP contribution in [0.5, 0.6) is 11.5 Å². The third-order valence-electron chi connectivity index (χ3n) is 4.81. The van der Waals surface area contributed by atoms with E-state index in [1.54, 1.807) is 6.07 Å². The molecule has 0 fully saturated rings. The SMILES string of the molecule is O=Cc1c(O)cc2c(c1C=O)C(=O)C(C=O)(C=O)C(C=O)(c1ccccc1)O2. The second-order valence-electron chi connectivity index (χ2n) is 6.09. The summed E-state index contributed by atoms with van der Waals surface area (Å²) >= 11 is 0. The zero-order chi connectivity index (χ0) is 20.5. The second-order valence-corrected chi connectivity index (χ2v) is 6.09. The summed E-state index contributed by atoms with van der Waals surface area (Å²) in [6.45, 7) is 0. The Morgan fingerprint density at radius 1 is 0.857 bits per heavy atom. The van der Waals surface area contributed by atoms with Crippen molar-refractivity contribution >= 4 is 37.2 Å². The third-order valence-corrected chi connectivity index (χ3v) is 4.81. The van der Waals surface area contributed by atoms with Crippen LogP contribution in [-0.4, -0.2) is 42.3 Å². The molecule has 1 N–H and O–H groups in total. The van der Waals surface area contributed by atoms with Crippen LogP contribution in [-0.2, 0) is 20.0 Å². The fourth-order valence-electron chi connectivity index (χ4n) is 3.36. The number of phenols is 1. The molecule has 0 saturated carbocycles. The number of ketones is 1. The van der Waals surface area contributed by atoms with Crippen LogP contribution in [0.2, 0.25) is 0 Å². The van der Waals surface area contributed by atoms with Gasteiger partial charge in [-0.3, -0.25) is 19.2 Å². The van der Waals surface area contributed by atoms with Crippen molar-refractivity contribution in [2.24, 2.45) is 5.41 Å². The monoisotopic (exact) mass is 380 g/mol. The minimum atomic E-state index is -2.64. The van der Waals surface area contributed by atoms with E-state index in [9.17, 15) is 33.9 Å². The predicted molar refractivity (Wildman–Crippen MR) is 92.6 cm³/mol. The van der Waals surface area contributed by atoms with Gasteiger partial charge in [0.15, 0.2) is 30.1 Å². The summed E-state index contributed by atoms with van der Waals surface area (Å²) in [5, 5.41) is 10.0. The zero-order valence-electron chi connectivity index (χ0n) is 14.2. The van der Waals surface area contributed by atoms with E-state index in [1.165, 1.54) is 24.3 Å². The molecule has 0 aliphatic carbocycles. The summed E-state index contributed by atoms with van der Waals surface area (Å²) in [6.07, 6.45) is 0.385. The first-order valence-corrected chi connectivity index (χ1v) is 7.95. The van der Waals surface area contributed by atoms with E-state index in [0.29, 0.717) is 0 Å². The van der Waals surface area contributed by atoms with Gasteiger partial charge in [-0.05, 0) is 0 Å². The number of aldehydes is 5. The van der Waals surface area contributed by atoms with Gasteiger partial charge in [-0.2, -0.15) is 0 Å². The highest BCUT2D eigenvalue weighted by Crippen LogP contribution is 2.50. The van der Waals surface area contributed by atoms with Crippen LogP contribution in [0.25, 0.3) is 0 Å². The van der Waals surface area contributed by atoms with Gasteiger partial charge < -0.3 is 19.4 Å². The minimum Gasteiger partial charge on any atom is -0.507 e. The summed E-state index contributed by atoms with van der Waals surface area (Å²) in [7, 11) is 0. The summed E-state index contributed by atoms with van der Waals surface area (Å²) in [5.74, 6) is -2.27. The van der Waals surface area contributed by atoms with Crippen LogP contribution in [0, 0.1) is 5.41 Å². The van der Waals surface area contributed by atoms with Gasteiger partial charge in [0, 0.05) is 17.2 Å². The average Bonchev–Trinajstić information content (AvgIpc) is 2.73. The Kier molecular flexibility index (Phi) is 4.48. The maximum atomic E-state index is 13.2. The van der Waals surface area contributed by atoms with Crippen molar-refractivity contribution in [3.63, 3.8) is 0 Å². The Bertz CT molecular complexity index is 1020. The van der Waals surface area contributed by atoms with Gasteiger partial charge in [-0.15, -0.1) is 0 Å². The number of aromatic hydroxyl groups is 1. The highest BCUT2D eigenvalue weighted by Gasteiger charge is 2.64. The number of benzene rings is 2. The Morgan fingerprint density at radius 2 is 1.46 bits per heavy atom. The van der Waals surface area contributed by atoms with Crippen molar-refractivity contribution in [2.75, 3.05) is 0 Å². The lowest BCUT2D eigenvalue weighted by Gasteiger charge is -2.43. The standard InChI is InChI=1S/C20H12O8/c21-7-13-14(8-22)17-16(6-15(13)26)28-20(11-25,12-4-2-1-3-5-12)19(9-23,10-24)18(17)27/h1-11,26H.